The van der Waals surface area contributed by atoms with Crippen molar-refractivity contribution in [2.45, 2.75) is 83.2 Å². The Morgan fingerprint density at radius 3 is 2.72 bits per heavy atom. The summed E-state index contributed by atoms with van der Waals surface area (Å²) in [6.07, 6.45) is 11.7. The van der Waals surface area contributed by atoms with Crippen molar-refractivity contribution in [3.05, 3.63) is 0 Å². The van der Waals surface area contributed by atoms with Gasteiger partial charge in [-0.2, -0.15) is 0 Å². The summed E-state index contributed by atoms with van der Waals surface area (Å²) in [4.78, 5) is 12.3. The number of hydrogen-bond acceptors (Lipinski definition) is 2. The predicted molar refractivity (Wildman–Crippen MR) is 103 cm³/mol. The summed E-state index contributed by atoms with van der Waals surface area (Å²) >= 11 is 3.36. The fourth-order valence-electron chi connectivity index (χ4n) is 6.38. The first-order valence-corrected chi connectivity index (χ1v) is 11.4. The number of carbonyl (C=O) groups is 1. The van der Waals surface area contributed by atoms with E-state index in [1.807, 2.05) is 0 Å². The van der Waals surface area contributed by atoms with E-state index in [2.05, 4.69) is 22.9 Å². The third-order valence-electron chi connectivity index (χ3n) is 7.88. The lowest BCUT2D eigenvalue weighted by Gasteiger charge is -2.47. The van der Waals surface area contributed by atoms with Gasteiger partial charge in [0.05, 0.1) is 10.9 Å². The molecule has 0 heterocycles. The number of ketones is 1. The summed E-state index contributed by atoms with van der Waals surface area (Å²) in [6.45, 7) is 1.74. The quantitative estimate of drug-likeness (QED) is 0.584. The van der Waals surface area contributed by atoms with Crippen molar-refractivity contribution in [1.82, 2.24) is 0 Å². The first-order valence-electron chi connectivity index (χ1n) is 10.3. The molecule has 3 aliphatic carbocycles. The molecule has 2 nitrogen and oxygen atoms in total. The number of aliphatic hydroxyl groups is 1. The molecule has 6 atom stereocenters. The Bertz CT molecular complexity index is 485. The van der Waals surface area contributed by atoms with E-state index in [1.165, 1.54) is 32.1 Å². The van der Waals surface area contributed by atoms with Crippen LogP contribution in [0.25, 0.3) is 0 Å². The summed E-state index contributed by atoms with van der Waals surface area (Å²) in [6, 6.07) is 0. The zero-order valence-corrected chi connectivity index (χ0v) is 17.2. The van der Waals surface area contributed by atoms with E-state index in [4.69, 9.17) is 0 Å². The molecule has 0 radical (unpaired) electrons. The topological polar surface area (TPSA) is 37.3 Å². The molecule has 0 aromatic heterocycles. The average Bonchev–Trinajstić information content (AvgIpc) is 3.01. The number of rotatable bonds is 6. The summed E-state index contributed by atoms with van der Waals surface area (Å²) < 4.78 is 13.2. The fourth-order valence-corrected chi connectivity index (χ4v) is 6.77. The molecule has 3 rings (SSSR count). The van der Waals surface area contributed by atoms with Crippen molar-refractivity contribution in [2.75, 3.05) is 12.0 Å². The van der Waals surface area contributed by atoms with Gasteiger partial charge in [-0.25, -0.2) is 4.39 Å². The highest BCUT2D eigenvalue weighted by molar-refractivity contribution is 9.09. The maximum absolute atomic E-state index is 13.2. The molecule has 0 spiro atoms. The molecule has 0 aliphatic heterocycles. The van der Waals surface area contributed by atoms with Gasteiger partial charge in [-0.3, -0.25) is 4.79 Å². The molecule has 144 valence electrons. The van der Waals surface area contributed by atoms with Gasteiger partial charge in [0.25, 0.3) is 0 Å². The molecule has 0 amide bonds. The van der Waals surface area contributed by atoms with Gasteiger partial charge in [0.15, 0.2) is 0 Å². The predicted octanol–water partition coefficient (Wildman–Crippen LogP) is 5.45. The van der Waals surface area contributed by atoms with E-state index in [9.17, 15) is 14.3 Å². The molecule has 25 heavy (non-hydrogen) atoms. The molecule has 3 saturated carbocycles. The first kappa shape index (κ1) is 19.8. The lowest BCUT2D eigenvalue weighted by molar-refractivity contribution is -0.123. The molecule has 3 fully saturated rings. The van der Waals surface area contributed by atoms with Crippen LogP contribution in [0.15, 0.2) is 0 Å². The Morgan fingerprint density at radius 2 is 2.00 bits per heavy atom. The molecule has 3 aliphatic rings. The number of carbonyl (C=O) groups excluding carboxylic acids is 1. The van der Waals surface area contributed by atoms with Crippen LogP contribution >= 0.6 is 15.9 Å². The molecule has 0 aromatic carbocycles. The summed E-state index contributed by atoms with van der Waals surface area (Å²) in [5, 5.41) is 10.8. The van der Waals surface area contributed by atoms with Crippen LogP contribution in [0.2, 0.25) is 0 Å². The summed E-state index contributed by atoms with van der Waals surface area (Å²) in [5.41, 5.74) is -0.875. The van der Waals surface area contributed by atoms with Crippen LogP contribution in [0.3, 0.4) is 0 Å². The van der Waals surface area contributed by atoms with Gasteiger partial charge >= 0.3 is 0 Å². The van der Waals surface area contributed by atoms with Crippen molar-refractivity contribution < 1.29 is 14.3 Å². The monoisotopic (exact) mass is 416 g/mol. The van der Waals surface area contributed by atoms with Gasteiger partial charge in [0.2, 0.25) is 0 Å². The Labute approximate surface area is 160 Å². The standard InChI is InChI=1S/C21H34BrFO2/c1-20(9-3-6-18(20)19(24)13-22)10-7-15-4-2-5-16-12-21(25,14-23)11-8-17(15)16/h15-18,25H,2-14H2,1H3. The zero-order valence-electron chi connectivity index (χ0n) is 15.6. The SMILES string of the molecule is CC1(CCC2CCCC3CC(O)(CF)CCC23)CCCC1C(=O)CBr. The lowest BCUT2D eigenvalue weighted by Crippen LogP contribution is -2.44. The normalized spacial score (nSPS) is 44.5. The van der Waals surface area contributed by atoms with Gasteiger partial charge in [-0.05, 0) is 68.1 Å². The van der Waals surface area contributed by atoms with Crippen LogP contribution < -0.4 is 0 Å². The van der Waals surface area contributed by atoms with Crippen LogP contribution in [0.1, 0.15) is 77.6 Å². The van der Waals surface area contributed by atoms with E-state index >= 15 is 0 Å². The molecule has 0 bridgehead atoms. The second kappa shape index (κ2) is 7.96. The zero-order chi connectivity index (χ0) is 18.1. The second-order valence-corrected chi connectivity index (χ2v) is 10.0. The average molecular weight is 417 g/mol. The minimum absolute atomic E-state index is 0.173. The largest absolute Gasteiger partial charge is 0.387 e. The Morgan fingerprint density at radius 1 is 1.20 bits per heavy atom. The van der Waals surface area contributed by atoms with Crippen LogP contribution in [-0.2, 0) is 4.79 Å². The first-order chi connectivity index (χ1) is 11.9. The van der Waals surface area contributed by atoms with Crippen LogP contribution in [-0.4, -0.2) is 28.5 Å². The minimum Gasteiger partial charge on any atom is -0.387 e. The van der Waals surface area contributed by atoms with Gasteiger partial charge in [0, 0.05) is 5.92 Å². The van der Waals surface area contributed by atoms with Gasteiger partial charge < -0.3 is 5.11 Å². The van der Waals surface area contributed by atoms with Crippen molar-refractivity contribution >= 4 is 21.7 Å². The van der Waals surface area contributed by atoms with Crippen LogP contribution in [0.4, 0.5) is 4.39 Å². The highest BCUT2D eigenvalue weighted by Gasteiger charge is 2.46. The highest BCUT2D eigenvalue weighted by atomic mass is 79.9. The lowest BCUT2D eigenvalue weighted by atomic mass is 9.60. The number of fused-ring (bicyclic) bond motifs is 1. The Hall–Kier alpha value is 0.0400. The van der Waals surface area contributed by atoms with Gasteiger partial charge in [-0.1, -0.05) is 48.5 Å². The third-order valence-corrected chi connectivity index (χ3v) is 8.44. The number of hydrogen-bond donors (Lipinski definition) is 1. The van der Waals surface area contributed by atoms with E-state index in [-0.39, 0.29) is 11.3 Å². The maximum atomic E-state index is 13.2. The van der Waals surface area contributed by atoms with Crippen molar-refractivity contribution in [2.24, 2.45) is 29.1 Å². The van der Waals surface area contributed by atoms with E-state index in [1.54, 1.807) is 0 Å². The molecule has 4 heteroatoms. The molecule has 0 aromatic rings. The second-order valence-electron chi connectivity index (χ2n) is 9.45. The van der Waals surface area contributed by atoms with Gasteiger partial charge in [-0.15, -0.1) is 0 Å². The highest BCUT2D eigenvalue weighted by Crippen LogP contribution is 2.52. The maximum Gasteiger partial charge on any atom is 0.147 e. The smallest absolute Gasteiger partial charge is 0.147 e. The summed E-state index contributed by atoms with van der Waals surface area (Å²) in [5.74, 6) is 2.49. The van der Waals surface area contributed by atoms with E-state index < -0.39 is 12.3 Å². The van der Waals surface area contributed by atoms with Crippen molar-refractivity contribution in [1.29, 1.82) is 0 Å². The molecular weight excluding hydrogens is 383 g/mol. The molecule has 1 N–H and O–H groups in total. The number of halogens is 2. The third kappa shape index (κ3) is 4.15. The Balaban J connectivity index is 1.60. The fraction of sp³-hybridized carbons (Fsp3) is 0.952. The van der Waals surface area contributed by atoms with Crippen LogP contribution in [0, 0.1) is 29.1 Å². The van der Waals surface area contributed by atoms with E-state index in [0.29, 0.717) is 41.7 Å². The van der Waals surface area contributed by atoms with E-state index in [0.717, 1.165) is 25.7 Å². The summed E-state index contributed by atoms with van der Waals surface area (Å²) in [7, 11) is 0. The molecular formula is C21H34BrFO2. The Kier molecular flexibility index (Phi) is 6.30. The molecule has 6 unspecified atom stereocenters. The minimum atomic E-state index is -1.05. The number of Topliss-reactive ketones (excluding diaryl/α,β-unsaturated/α-hetero) is 1. The van der Waals surface area contributed by atoms with Crippen molar-refractivity contribution in [3.63, 3.8) is 0 Å². The van der Waals surface area contributed by atoms with Crippen molar-refractivity contribution in [3.8, 4) is 0 Å². The van der Waals surface area contributed by atoms with Crippen LogP contribution in [0.5, 0.6) is 0 Å². The number of alkyl halides is 2. The van der Waals surface area contributed by atoms with Gasteiger partial charge in [0.1, 0.15) is 12.5 Å². The molecule has 0 saturated heterocycles.